The molecular formula is C20H26N6O. The number of nitrogens with zero attached hydrogens (tertiary/aromatic N) is 6. The third-order valence-corrected chi connectivity index (χ3v) is 5.54. The molecule has 4 heterocycles. The highest BCUT2D eigenvalue weighted by molar-refractivity contribution is 5.93. The molecule has 0 unspecified atom stereocenters. The molecule has 2 aliphatic heterocycles. The van der Waals surface area contributed by atoms with E-state index < -0.39 is 0 Å². The van der Waals surface area contributed by atoms with Crippen molar-refractivity contribution in [2.24, 2.45) is 0 Å². The summed E-state index contributed by atoms with van der Waals surface area (Å²) in [5, 5.41) is 0. The zero-order valence-electron chi connectivity index (χ0n) is 15.6. The van der Waals surface area contributed by atoms with E-state index in [-0.39, 0.29) is 5.91 Å². The second kappa shape index (κ2) is 8.43. The number of carbonyl (C=O) groups is 1. The number of piperidine rings is 1. The monoisotopic (exact) mass is 366 g/mol. The van der Waals surface area contributed by atoms with Gasteiger partial charge in [0.15, 0.2) is 0 Å². The van der Waals surface area contributed by atoms with Gasteiger partial charge >= 0.3 is 0 Å². The van der Waals surface area contributed by atoms with Crippen molar-refractivity contribution in [3.05, 3.63) is 48.5 Å². The van der Waals surface area contributed by atoms with Gasteiger partial charge in [-0.2, -0.15) is 0 Å². The first-order valence-electron chi connectivity index (χ1n) is 9.76. The zero-order valence-corrected chi connectivity index (χ0v) is 15.6. The molecule has 0 spiro atoms. The summed E-state index contributed by atoms with van der Waals surface area (Å²) in [6.45, 7) is 5.72. The van der Waals surface area contributed by atoms with Crippen LogP contribution in [-0.2, 0) is 0 Å². The van der Waals surface area contributed by atoms with Crippen LogP contribution in [0.4, 0.5) is 5.95 Å². The Morgan fingerprint density at radius 2 is 1.74 bits per heavy atom. The number of likely N-dealkylation sites (tertiary alicyclic amines) is 1. The van der Waals surface area contributed by atoms with E-state index in [2.05, 4.69) is 24.8 Å². The standard InChI is InChI=1S/C20H26N6O/c27-19(17-4-1-7-21-16-17)25-12-5-18(6-13-25)24-10-3-11-26(15-14-24)20-22-8-2-9-23-20/h1-2,4,7-9,16,18H,3,5-6,10-15H2. The van der Waals surface area contributed by atoms with Crippen LogP contribution in [0.5, 0.6) is 0 Å². The van der Waals surface area contributed by atoms with Gasteiger partial charge in [-0.3, -0.25) is 14.7 Å². The molecule has 2 fully saturated rings. The Morgan fingerprint density at radius 3 is 2.48 bits per heavy atom. The van der Waals surface area contributed by atoms with Gasteiger partial charge < -0.3 is 9.80 Å². The summed E-state index contributed by atoms with van der Waals surface area (Å²) in [5.41, 5.74) is 0.684. The molecule has 2 saturated heterocycles. The molecule has 4 rings (SSSR count). The summed E-state index contributed by atoms with van der Waals surface area (Å²) in [7, 11) is 0. The summed E-state index contributed by atoms with van der Waals surface area (Å²) in [6, 6.07) is 6.07. The molecule has 0 N–H and O–H groups in total. The Balaban J connectivity index is 1.30. The zero-order chi connectivity index (χ0) is 18.5. The van der Waals surface area contributed by atoms with Crippen LogP contribution in [0.25, 0.3) is 0 Å². The largest absolute Gasteiger partial charge is 0.339 e. The Kier molecular flexibility index (Phi) is 5.58. The molecule has 0 aromatic carbocycles. The molecule has 0 saturated carbocycles. The van der Waals surface area contributed by atoms with Crippen LogP contribution in [0, 0.1) is 0 Å². The number of amides is 1. The van der Waals surface area contributed by atoms with E-state index in [4.69, 9.17) is 0 Å². The van der Waals surface area contributed by atoms with Crippen LogP contribution >= 0.6 is 0 Å². The second-order valence-corrected chi connectivity index (χ2v) is 7.19. The van der Waals surface area contributed by atoms with Crippen LogP contribution in [0.1, 0.15) is 29.6 Å². The lowest BCUT2D eigenvalue weighted by molar-refractivity contribution is 0.0626. The summed E-state index contributed by atoms with van der Waals surface area (Å²) in [5.74, 6) is 0.932. The van der Waals surface area contributed by atoms with E-state index in [1.807, 2.05) is 23.1 Å². The maximum Gasteiger partial charge on any atom is 0.255 e. The Hall–Kier alpha value is -2.54. The number of carbonyl (C=O) groups excluding carboxylic acids is 1. The molecule has 0 atom stereocenters. The van der Waals surface area contributed by atoms with Crippen molar-refractivity contribution in [1.82, 2.24) is 24.8 Å². The predicted octanol–water partition coefficient (Wildman–Crippen LogP) is 1.69. The van der Waals surface area contributed by atoms with Gasteiger partial charge in [0.1, 0.15) is 0 Å². The van der Waals surface area contributed by atoms with Crippen LogP contribution in [-0.4, -0.2) is 76.0 Å². The topological polar surface area (TPSA) is 65.5 Å². The third kappa shape index (κ3) is 4.24. The minimum absolute atomic E-state index is 0.102. The normalized spacial score (nSPS) is 19.7. The average Bonchev–Trinajstić information content (AvgIpc) is 3.01. The minimum Gasteiger partial charge on any atom is -0.339 e. The van der Waals surface area contributed by atoms with Gasteiger partial charge in [0.2, 0.25) is 5.95 Å². The van der Waals surface area contributed by atoms with Gasteiger partial charge in [0, 0.05) is 70.1 Å². The molecule has 2 aromatic heterocycles. The van der Waals surface area contributed by atoms with Crippen LogP contribution in [0.2, 0.25) is 0 Å². The number of rotatable bonds is 3. The molecule has 142 valence electrons. The lowest BCUT2D eigenvalue weighted by atomic mass is 10.0. The van der Waals surface area contributed by atoms with E-state index in [0.29, 0.717) is 11.6 Å². The fraction of sp³-hybridized carbons (Fsp3) is 0.500. The van der Waals surface area contributed by atoms with E-state index in [1.165, 1.54) is 0 Å². The van der Waals surface area contributed by atoms with Gasteiger partial charge in [-0.25, -0.2) is 9.97 Å². The first-order chi connectivity index (χ1) is 13.3. The molecule has 0 radical (unpaired) electrons. The maximum absolute atomic E-state index is 12.6. The minimum atomic E-state index is 0.102. The van der Waals surface area contributed by atoms with Gasteiger partial charge in [0.05, 0.1) is 5.56 Å². The van der Waals surface area contributed by atoms with Crippen molar-refractivity contribution in [2.45, 2.75) is 25.3 Å². The van der Waals surface area contributed by atoms with E-state index >= 15 is 0 Å². The highest BCUT2D eigenvalue weighted by Gasteiger charge is 2.28. The molecule has 7 heteroatoms. The highest BCUT2D eigenvalue weighted by Crippen LogP contribution is 2.20. The first kappa shape index (κ1) is 17.9. The fourth-order valence-electron chi connectivity index (χ4n) is 4.06. The summed E-state index contributed by atoms with van der Waals surface area (Å²) < 4.78 is 0. The lowest BCUT2D eigenvalue weighted by Crippen LogP contribution is -2.47. The van der Waals surface area contributed by atoms with Gasteiger partial charge in [-0.05, 0) is 37.5 Å². The average molecular weight is 366 g/mol. The summed E-state index contributed by atoms with van der Waals surface area (Å²) >= 11 is 0. The Morgan fingerprint density at radius 1 is 0.926 bits per heavy atom. The number of anilines is 1. The van der Waals surface area contributed by atoms with Crippen molar-refractivity contribution < 1.29 is 4.79 Å². The van der Waals surface area contributed by atoms with Crippen molar-refractivity contribution in [2.75, 3.05) is 44.2 Å². The highest BCUT2D eigenvalue weighted by atomic mass is 16.2. The van der Waals surface area contributed by atoms with Gasteiger partial charge in [-0.15, -0.1) is 0 Å². The molecule has 7 nitrogen and oxygen atoms in total. The van der Waals surface area contributed by atoms with Gasteiger partial charge in [-0.1, -0.05) is 0 Å². The number of aromatic nitrogens is 3. The Labute approximate surface area is 160 Å². The molecule has 2 aromatic rings. The second-order valence-electron chi connectivity index (χ2n) is 7.19. The van der Waals surface area contributed by atoms with Crippen molar-refractivity contribution >= 4 is 11.9 Å². The molecule has 1 amide bonds. The number of hydrogen-bond acceptors (Lipinski definition) is 6. The lowest BCUT2D eigenvalue weighted by Gasteiger charge is -2.38. The SMILES string of the molecule is O=C(c1cccnc1)N1CCC(N2CCCN(c3ncccn3)CC2)CC1. The molecular weight excluding hydrogens is 340 g/mol. The van der Waals surface area contributed by atoms with E-state index in [1.54, 1.807) is 24.8 Å². The number of hydrogen-bond donors (Lipinski definition) is 0. The smallest absolute Gasteiger partial charge is 0.255 e. The van der Waals surface area contributed by atoms with E-state index in [9.17, 15) is 4.79 Å². The number of pyridine rings is 1. The van der Waals surface area contributed by atoms with Crippen molar-refractivity contribution in [1.29, 1.82) is 0 Å². The van der Waals surface area contributed by atoms with Crippen LogP contribution in [0.3, 0.4) is 0 Å². The quantitative estimate of drug-likeness (QED) is 0.824. The van der Waals surface area contributed by atoms with Crippen molar-refractivity contribution in [3.63, 3.8) is 0 Å². The Bertz CT molecular complexity index is 733. The predicted molar refractivity (Wildman–Crippen MR) is 104 cm³/mol. The first-order valence-corrected chi connectivity index (χ1v) is 9.76. The third-order valence-electron chi connectivity index (χ3n) is 5.54. The summed E-state index contributed by atoms with van der Waals surface area (Å²) in [4.78, 5) is 32.3. The van der Waals surface area contributed by atoms with Crippen molar-refractivity contribution in [3.8, 4) is 0 Å². The molecule has 0 aliphatic carbocycles. The van der Waals surface area contributed by atoms with Crippen LogP contribution in [0.15, 0.2) is 43.0 Å². The molecule has 2 aliphatic rings. The molecule has 0 bridgehead atoms. The summed E-state index contributed by atoms with van der Waals surface area (Å²) in [6.07, 6.45) is 10.2. The molecule has 27 heavy (non-hydrogen) atoms. The fourth-order valence-corrected chi connectivity index (χ4v) is 4.06. The van der Waals surface area contributed by atoms with Gasteiger partial charge in [0.25, 0.3) is 5.91 Å². The van der Waals surface area contributed by atoms with E-state index in [0.717, 1.165) is 64.5 Å². The van der Waals surface area contributed by atoms with Crippen LogP contribution < -0.4 is 4.90 Å². The maximum atomic E-state index is 12.6.